The largest absolute Gasteiger partial charge is 0.370 e. The van der Waals surface area contributed by atoms with E-state index >= 15 is 0 Å². The van der Waals surface area contributed by atoms with Crippen molar-refractivity contribution in [2.24, 2.45) is 12.0 Å². The number of guanidine groups is 1. The highest BCUT2D eigenvalue weighted by atomic mass is 35.5. The van der Waals surface area contributed by atoms with Crippen LogP contribution in [0.1, 0.15) is 11.7 Å². The first kappa shape index (κ1) is 14.9. The van der Waals surface area contributed by atoms with Crippen molar-refractivity contribution >= 4 is 17.6 Å². The van der Waals surface area contributed by atoms with Gasteiger partial charge >= 0.3 is 0 Å². The van der Waals surface area contributed by atoms with Gasteiger partial charge in [-0.25, -0.2) is 0 Å². The van der Waals surface area contributed by atoms with E-state index in [1.807, 2.05) is 19.4 Å². The number of morpholine rings is 1. The molecule has 0 spiro atoms. The number of aryl methyl sites for hydroxylation is 1. The maximum Gasteiger partial charge on any atom is 0.194 e. The quantitative estimate of drug-likeness (QED) is 0.671. The monoisotopic (exact) mass is 297 g/mol. The fourth-order valence-electron chi connectivity index (χ4n) is 2.16. The normalized spacial score (nSPS) is 20.1. The molecule has 1 atom stereocenters. The molecule has 20 heavy (non-hydrogen) atoms. The Bertz CT molecular complexity index is 499. The molecule has 0 aliphatic carbocycles. The average molecular weight is 298 g/mol. The van der Waals surface area contributed by atoms with Crippen LogP contribution in [0.15, 0.2) is 29.0 Å². The van der Waals surface area contributed by atoms with Crippen molar-refractivity contribution in [2.45, 2.75) is 6.10 Å². The Balaban J connectivity index is 2.00. The predicted molar refractivity (Wildman–Crippen MR) is 79.8 cm³/mol. The Hall–Kier alpha value is -1.53. The number of nitrogens with one attached hydrogen (secondary N) is 1. The van der Waals surface area contributed by atoms with Gasteiger partial charge < -0.3 is 15.0 Å². The summed E-state index contributed by atoms with van der Waals surface area (Å²) in [5.74, 6) is 0.809. The summed E-state index contributed by atoms with van der Waals surface area (Å²) in [5, 5.41) is 7.93. The molecule has 0 amide bonds. The third kappa shape index (κ3) is 3.74. The van der Waals surface area contributed by atoms with Gasteiger partial charge in [0.25, 0.3) is 0 Å². The molecule has 1 aromatic heterocycles. The molecule has 1 aliphatic heterocycles. The maximum absolute atomic E-state index is 5.81. The van der Waals surface area contributed by atoms with Crippen LogP contribution in [0.5, 0.6) is 0 Å². The fourth-order valence-corrected chi connectivity index (χ4v) is 2.22. The molecule has 1 fully saturated rings. The van der Waals surface area contributed by atoms with Crippen molar-refractivity contribution in [3.63, 3.8) is 0 Å². The van der Waals surface area contributed by atoms with Gasteiger partial charge in [-0.1, -0.05) is 18.2 Å². The van der Waals surface area contributed by atoms with Crippen LogP contribution in [-0.2, 0) is 11.8 Å². The Labute approximate surface area is 124 Å². The van der Waals surface area contributed by atoms with E-state index in [1.54, 1.807) is 11.7 Å². The van der Waals surface area contributed by atoms with Crippen LogP contribution in [0.2, 0.25) is 0 Å². The van der Waals surface area contributed by atoms with Crippen LogP contribution in [0.25, 0.3) is 0 Å². The van der Waals surface area contributed by atoms with Gasteiger partial charge in [0.2, 0.25) is 0 Å². The van der Waals surface area contributed by atoms with Crippen LogP contribution in [0, 0.1) is 0 Å². The standard InChI is InChI=1S/C13H20ClN5O/c1-10(14)6-16-13(15-2)19-4-5-20-12(9-19)11-7-17-18(3)8-11/h7-8,12H,1,4-6,9H2,2-3H3,(H,15,16). The number of aliphatic imine (C=N–C) groups is 1. The zero-order valence-corrected chi connectivity index (χ0v) is 12.6. The van der Waals surface area contributed by atoms with Crippen molar-refractivity contribution < 1.29 is 4.74 Å². The molecule has 1 unspecified atom stereocenters. The summed E-state index contributed by atoms with van der Waals surface area (Å²) in [4.78, 5) is 6.43. The zero-order chi connectivity index (χ0) is 14.5. The molecule has 1 aliphatic rings. The second kappa shape index (κ2) is 6.76. The summed E-state index contributed by atoms with van der Waals surface area (Å²) >= 11 is 5.78. The summed E-state index contributed by atoms with van der Waals surface area (Å²) in [6.07, 6.45) is 3.82. The predicted octanol–water partition coefficient (Wildman–Crippen LogP) is 1.12. The lowest BCUT2D eigenvalue weighted by atomic mass is 10.1. The average Bonchev–Trinajstić information content (AvgIpc) is 2.86. The van der Waals surface area contributed by atoms with Crippen molar-refractivity contribution in [2.75, 3.05) is 33.3 Å². The van der Waals surface area contributed by atoms with Gasteiger partial charge in [-0.2, -0.15) is 5.10 Å². The van der Waals surface area contributed by atoms with Gasteiger partial charge in [-0.3, -0.25) is 9.67 Å². The number of aromatic nitrogens is 2. The van der Waals surface area contributed by atoms with E-state index in [9.17, 15) is 0 Å². The van der Waals surface area contributed by atoms with Crippen LogP contribution in [0.4, 0.5) is 0 Å². The van der Waals surface area contributed by atoms with Crippen LogP contribution in [0.3, 0.4) is 0 Å². The minimum atomic E-state index is 0.00945. The van der Waals surface area contributed by atoms with Crippen LogP contribution >= 0.6 is 11.6 Å². The lowest BCUT2D eigenvalue weighted by molar-refractivity contribution is -0.00796. The van der Waals surface area contributed by atoms with Crippen LogP contribution < -0.4 is 5.32 Å². The van der Waals surface area contributed by atoms with E-state index in [0.717, 1.165) is 24.6 Å². The molecule has 0 bridgehead atoms. The highest BCUT2D eigenvalue weighted by Crippen LogP contribution is 2.21. The highest BCUT2D eigenvalue weighted by molar-refractivity contribution is 6.29. The number of halogens is 1. The highest BCUT2D eigenvalue weighted by Gasteiger charge is 2.24. The Morgan fingerprint density at radius 1 is 1.70 bits per heavy atom. The SMILES string of the molecule is C=C(Cl)CNC(=NC)N1CCOC(c2cnn(C)c2)C1. The van der Waals surface area contributed by atoms with Crippen molar-refractivity contribution in [3.8, 4) is 0 Å². The van der Waals surface area contributed by atoms with E-state index < -0.39 is 0 Å². The summed E-state index contributed by atoms with van der Waals surface area (Å²) < 4.78 is 7.59. The first-order valence-electron chi connectivity index (χ1n) is 6.49. The Morgan fingerprint density at radius 3 is 3.10 bits per heavy atom. The maximum atomic E-state index is 5.81. The van der Waals surface area contributed by atoms with Gasteiger partial charge in [-0.15, -0.1) is 0 Å². The minimum Gasteiger partial charge on any atom is -0.370 e. The van der Waals surface area contributed by atoms with Gasteiger partial charge in [-0.05, 0) is 0 Å². The fraction of sp³-hybridized carbons (Fsp3) is 0.538. The molecule has 2 heterocycles. The second-order valence-electron chi connectivity index (χ2n) is 4.67. The molecule has 110 valence electrons. The van der Waals surface area contributed by atoms with Crippen molar-refractivity contribution in [3.05, 3.63) is 29.6 Å². The molecule has 2 rings (SSSR count). The number of hydrogen-bond acceptors (Lipinski definition) is 3. The number of hydrogen-bond donors (Lipinski definition) is 1. The van der Waals surface area contributed by atoms with Gasteiger partial charge in [0, 0.05) is 37.4 Å². The molecule has 0 radical (unpaired) electrons. The lowest BCUT2D eigenvalue weighted by Crippen LogP contribution is -2.48. The van der Waals surface area contributed by atoms with Gasteiger partial charge in [0.05, 0.1) is 25.9 Å². The molecule has 1 saturated heterocycles. The van der Waals surface area contributed by atoms with E-state index in [4.69, 9.17) is 16.3 Å². The number of nitrogens with zero attached hydrogens (tertiary/aromatic N) is 4. The first-order chi connectivity index (χ1) is 9.60. The molecule has 0 aromatic carbocycles. The summed E-state index contributed by atoms with van der Waals surface area (Å²) in [5.41, 5.74) is 1.08. The molecule has 1 aromatic rings. The molecular formula is C13H20ClN5O. The van der Waals surface area contributed by atoms with E-state index in [1.165, 1.54) is 0 Å². The molecular weight excluding hydrogens is 278 g/mol. The smallest absolute Gasteiger partial charge is 0.194 e. The first-order valence-corrected chi connectivity index (χ1v) is 6.87. The Kier molecular flexibility index (Phi) is 5.03. The van der Waals surface area contributed by atoms with E-state index in [-0.39, 0.29) is 6.10 Å². The van der Waals surface area contributed by atoms with E-state index in [2.05, 4.69) is 26.9 Å². The summed E-state index contributed by atoms with van der Waals surface area (Å²) in [6.45, 7) is 6.36. The molecule has 7 heteroatoms. The second-order valence-corrected chi connectivity index (χ2v) is 5.21. The van der Waals surface area contributed by atoms with Crippen molar-refractivity contribution in [1.82, 2.24) is 20.0 Å². The zero-order valence-electron chi connectivity index (χ0n) is 11.8. The van der Waals surface area contributed by atoms with E-state index in [0.29, 0.717) is 18.2 Å². The lowest BCUT2D eigenvalue weighted by Gasteiger charge is -2.34. The third-order valence-corrected chi connectivity index (χ3v) is 3.25. The minimum absolute atomic E-state index is 0.00945. The molecule has 1 N–H and O–H groups in total. The van der Waals surface area contributed by atoms with Crippen LogP contribution in [-0.4, -0.2) is 53.9 Å². The van der Waals surface area contributed by atoms with Gasteiger partial charge in [0.1, 0.15) is 6.10 Å². The topological polar surface area (TPSA) is 54.7 Å². The third-order valence-electron chi connectivity index (χ3n) is 3.11. The van der Waals surface area contributed by atoms with Crippen molar-refractivity contribution in [1.29, 1.82) is 0 Å². The molecule has 0 saturated carbocycles. The van der Waals surface area contributed by atoms with Gasteiger partial charge in [0.15, 0.2) is 5.96 Å². The summed E-state index contributed by atoms with van der Waals surface area (Å²) in [6, 6.07) is 0. The number of ether oxygens (including phenoxy) is 1. The Morgan fingerprint density at radius 2 is 2.50 bits per heavy atom. The summed E-state index contributed by atoms with van der Waals surface area (Å²) in [7, 11) is 3.66. The number of rotatable bonds is 3. The molecule has 6 nitrogen and oxygen atoms in total.